The van der Waals surface area contributed by atoms with Crippen LogP contribution in [0.2, 0.25) is 0 Å². The molecule has 4 fully saturated rings. The first-order valence-corrected chi connectivity index (χ1v) is 11.2. The van der Waals surface area contributed by atoms with Gasteiger partial charge in [-0.2, -0.15) is 0 Å². The Kier molecular flexibility index (Phi) is 5.58. The second-order valence-electron chi connectivity index (χ2n) is 9.75. The van der Waals surface area contributed by atoms with E-state index >= 15 is 0 Å². The number of esters is 1. The summed E-state index contributed by atoms with van der Waals surface area (Å²) in [6.45, 7) is 7.20. The standard InChI is InChI=1S/C24H34N2O3/c1-4-26(16(2)3)21-7-5-20(6-8-21)25-22(27)15-29-23(28)24-12-17-9-18(13-24)11-19(10-17)14-24/h5-8,16-19H,4,9-15H2,1-3H3,(H,25,27). The molecule has 0 saturated heterocycles. The van der Waals surface area contributed by atoms with Crippen LogP contribution in [0.1, 0.15) is 59.3 Å². The van der Waals surface area contributed by atoms with Gasteiger partial charge in [0, 0.05) is 24.0 Å². The largest absolute Gasteiger partial charge is 0.455 e. The number of amides is 1. The van der Waals surface area contributed by atoms with E-state index in [-0.39, 0.29) is 23.9 Å². The Balaban J connectivity index is 1.30. The van der Waals surface area contributed by atoms with Gasteiger partial charge in [-0.1, -0.05) is 0 Å². The van der Waals surface area contributed by atoms with Gasteiger partial charge in [0.2, 0.25) is 0 Å². The molecule has 29 heavy (non-hydrogen) atoms. The Morgan fingerprint density at radius 2 is 1.62 bits per heavy atom. The molecule has 4 saturated carbocycles. The molecule has 4 aliphatic rings. The van der Waals surface area contributed by atoms with Crippen LogP contribution >= 0.6 is 0 Å². The number of nitrogens with one attached hydrogen (secondary N) is 1. The fourth-order valence-electron chi connectivity index (χ4n) is 6.42. The molecule has 5 nitrogen and oxygen atoms in total. The summed E-state index contributed by atoms with van der Waals surface area (Å²) < 4.78 is 5.51. The van der Waals surface area contributed by atoms with Crippen molar-refractivity contribution in [1.29, 1.82) is 0 Å². The van der Waals surface area contributed by atoms with E-state index in [0.29, 0.717) is 23.8 Å². The number of anilines is 2. The van der Waals surface area contributed by atoms with E-state index in [9.17, 15) is 9.59 Å². The van der Waals surface area contributed by atoms with E-state index < -0.39 is 0 Å². The molecule has 0 spiro atoms. The highest BCUT2D eigenvalue weighted by Crippen LogP contribution is 2.60. The number of nitrogens with zero attached hydrogens (tertiary/aromatic N) is 1. The molecule has 0 unspecified atom stereocenters. The predicted octanol–water partition coefficient (Wildman–Crippen LogP) is 4.62. The molecule has 0 atom stereocenters. The fraction of sp³-hybridized carbons (Fsp3) is 0.667. The van der Waals surface area contributed by atoms with E-state index in [1.807, 2.05) is 24.3 Å². The summed E-state index contributed by atoms with van der Waals surface area (Å²) in [7, 11) is 0. The van der Waals surface area contributed by atoms with Crippen LogP contribution in [0.25, 0.3) is 0 Å². The van der Waals surface area contributed by atoms with E-state index in [1.165, 1.54) is 19.3 Å². The lowest BCUT2D eigenvalue weighted by atomic mass is 9.49. The minimum atomic E-state index is -0.308. The summed E-state index contributed by atoms with van der Waals surface area (Å²) in [5, 5.41) is 2.85. The average molecular weight is 399 g/mol. The number of carbonyl (C=O) groups excluding carboxylic acids is 2. The molecule has 1 aromatic carbocycles. The van der Waals surface area contributed by atoms with E-state index in [0.717, 1.165) is 37.2 Å². The Hall–Kier alpha value is -2.04. The van der Waals surface area contributed by atoms with Crippen molar-refractivity contribution in [3.05, 3.63) is 24.3 Å². The first-order chi connectivity index (χ1) is 13.9. The van der Waals surface area contributed by atoms with E-state index in [2.05, 4.69) is 31.0 Å². The second kappa shape index (κ2) is 8.00. The van der Waals surface area contributed by atoms with Gasteiger partial charge in [0.05, 0.1) is 5.41 Å². The van der Waals surface area contributed by atoms with E-state index in [4.69, 9.17) is 4.74 Å². The Morgan fingerprint density at radius 3 is 2.10 bits per heavy atom. The monoisotopic (exact) mass is 398 g/mol. The molecular formula is C24H34N2O3. The minimum Gasteiger partial charge on any atom is -0.455 e. The third-order valence-corrected chi connectivity index (χ3v) is 7.25. The molecule has 4 bridgehead atoms. The zero-order chi connectivity index (χ0) is 20.6. The minimum absolute atomic E-state index is 0.141. The highest BCUT2D eigenvalue weighted by atomic mass is 16.5. The molecule has 5 heteroatoms. The molecule has 158 valence electrons. The third kappa shape index (κ3) is 4.15. The van der Waals surface area contributed by atoms with Gasteiger partial charge in [0.15, 0.2) is 6.61 Å². The first-order valence-electron chi connectivity index (χ1n) is 11.2. The van der Waals surface area contributed by atoms with Crippen LogP contribution in [0.5, 0.6) is 0 Å². The zero-order valence-electron chi connectivity index (χ0n) is 17.9. The summed E-state index contributed by atoms with van der Waals surface area (Å²) in [5.74, 6) is 1.66. The SMILES string of the molecule is CCN(c1ccc(NC(=O)COC(=O)C23CC4CC(CC(C4)C2)C3)cc1)C(C)C. The van der Waals surface area contributed by atoms with Crippen molar-refractivity contribution in [3.63, 3.8) is 0 Å². The molecule has 1 aromatic rings. The normalized spacial score (nSPS) is 29.7. The third-order valence-electron chi connectivity index (χ3n) is 7.25. The van der Waals surface area contributed by atoms with Crippen LogP contribution in [0.4, 0.5) is 11.4 Å². The van der Waals surface area contributed by atoms with Crippen molar-refractivity contribution in [3.8, 4) is 0 Å². The van der Waals surface area contributed by atoms with Crippen LogP contribution < -0.4 is 10.2 Å². The van der Waals surface area contributed by atoms with Gasteiger partial charge in [-0.05, 0) is 101 Å². The van der Waals surface area contributed by atoms with Crippen LogP contribution in [-0.4, -0.2) is 31.1 Å². The molecule has 0 aliphatic heterocycles. The molecule has 0 aromatic heterocycles. The predicted molar refractivity (Wildman–Crippen MR) is 115 cm³/mol. The molecule has 4 aliphatic carbocycles. The lowest BCUT2D eigenvalue weighted by molar-refractivity contribution is -0.172. The van der Waals surface area contributed by atoms with Gasteiger partial charge < -0.3 is 15.0 Å². The fourth-order valence-corrected chi connectivity index (χ4v) is 6.42. The average Bonchev–Trinajstić information content (AvgIpc) is 2.66. The van der Waals surface area contributed by atoms with E-state index in [1.54, 1.807) is 0 Å². The first kappa shape index (κ1) is 20.2. The maximum absolute atomic E-state index is 12.9. The van der Waals surface area contributed by atoms with Gasteiger partial charge in [-0.3, -0.25) is 9.59 Å². The lowest BCUT2D eigenvalue weighted by Crippen LogP contribution is -2.50. The van der Waals surface area contributed by atoms with Gasteiger partial charge in [-0.25, -0.2) is 0 Å². The molecule has 0 heterocycles. The van der Waals surface area contributed by atoms with Crippen molar-refractivity contribution in [2.45, 2.75) is 65.3 Å². The second-order valence-corrected chi connectivity index (χ2v) is 9.75. The molecule has 0 radical (unpaired) electrons. The quantitative estimate of drug-likeness (QED) is 0.681. The van der Waals surface area contributed by atoms with Gasteiger partial charge in [0.25, 0.3) is 5.91 Å². The lowest BCUT2D eigenvalue weighted by Gasteiger charge is -2.55. The number of benzene rings is 1. The number of hydrogen-bond donors (Lipinski definition) is 1. The summed E-state index contributed by atoms with van der Waals surface area (Å²) in [6.07, 6.45) is 6.75. The van der Waals surface area contributed by atoms with Crippen LogP contribution in [-0.2, 0) is 14.3 Å². The Morgan fingerprint density at radius 1 is 1.07 bits per heavy atom. The molecule has 5 rings (SSSR count). The van der Waals surface area contributed by atoms with Crippen LogP contribution in [0.15, 0.2) is 24.3 Å². The summed E-state index contributed by atoms with van der Waals surface area (Å²) in [4.78, 5) is 27.5. The summed E-state index contributed by atoms with van der Waals surface area (Å²) in [6, 6.07) is 8.25. The van der Waals surface area contributed by atoms with Crippen molar-refractivity contribution in [2.24, 2.45) is 23.2 Å². The van der Waals surface area contributed by atoms with Crippen molar-refractivity contribution in [2.75, 3.05) is 23.4 Å². The van der Waals surface area contributed by atoms with Gasteiger partial charge >= 0.3 is 5.97 Å². The van der Waals surface area contributed by atoms with Crippen LogP contribution in [0, 0.1) is 23.2 Å². The summed E-state index contributed by atoms with van der Waals surface area (Å²) in [5.41, 5.74) is 1.55. The topological polar surface area (TPSA) is 58.6 Å². The van der Waals surface area contributed by atoms with Crippen molar-refractivity contribution in [1.82, 2.24) is 0 Å². The zero-order valence-corrected chi connectivity index (χ0v) is 17.9. The Bertz CT molecular complexity index is 721. The van der Waals surface area contributed by atoms with Gasteiger partial charge in [-0.15, -0.1) is 0 Å². The van der Waals surface area contributed by atoms with Gasteiger partial charge in [0.1, 0.15) is 0 Å². The smallest absolute Gasteiger partial charge is 0.312 e. The molecular weight excluding hydrogens is 364 g/mol. The number of carbonyl (C=O) groups is 2. The summed E-state index contributed by atoms with van der Waals surface area (Å²) >= 11 is 0. The van der Waals surface area contributed by atoms with Crippen molar-refractivity contribution < 1.29 is 14.3 Å². The number of hydrogen-bond acceptors (Lipinski definition) is 4. The molecule has 1 amide bonds. The highest BCUT2D eigenvalue weighted by Gasteiger charge is 2.55. The molecule has 1 N–H and O–H groups in total. The maximum atomic E-state index is 12.9. The number of rotatable bonds is 7. The maximum Gasteiger partial charge on any atom is 0.312 e. The Labute approximate surface area is 174 Å². The number of ether oxygens (including phenoxy) is 1. The van der Waals surface area contributed by atoms with Crippen molar-refractivity contribution >= 4 is 23.3 Å². The van der Waals surface area contributed by atoms with Crippen LogP contribution in [0.3, 0.4) is 0 Å². The highest BCUT2D eigenvalue weighted by molar-refractivity contribution is 5.93.